The molecular weight excluding hydrogens is 488 g/mol. The van der Waals surface area contributed by atoms with Gasteiger partial charge in [-0.15, -0.1) is 0 Å². The maximum absolute atomic E-state index is 14.1. The predicted octanol–water partition coefficient (Wildman–Crippen LogP) is 6.00. The van der Waals surface area contributed by atoms with Crippen LogP contribution in [0.1, 0.15) is 88.3 Å². The van der Waals surface area contributed by atoms with Gasteiger partial charge in [0.05, 0.1) is 18.1 Å². The van der Waals surface area contributed by atoms with Crippen LogP contribution in [0.3, 0.4) is 0 Å². The lowest BCUT2D eigenvalue weighted by Gasteiger charge is -2.45. The Hall–Kier alpha value is -3.19. The summed E-state index contributed by atoms with van der Waals surface area (Å²) in [6.07, 6.45) is 13.9. The fourth-order valence-electron chi connectivity index (χ4n) is 7.51. The number of hydrogen-bond donors (Lipinski definition) is 1. The number of methoxy groups -OCH3 is 1. The van der Waals surface area contributed by atoms with Crippen LogP contribution in [0.4, 0.5) is 5.82 Å². The van der Waals surface area contributed by atoms with Crippen molar-refractivity contribution in [2.24, 2.45) is 0 Å². The summed E-state index contributed by atoms with van der Waals surface area (Å²) in [6.45, 7) is 0. The molecule has 1 aliphatic carbocycles. The molecule has 206 valence electrons. The number of ether oxygens (including phenoxy) is 1. The monoisotopic (exact) mass is 528 g/mol. The quantitative estimate of drug-likeness (QED) is 0.395. The molecule has 0 radical (unpaired) electrons. The highest BCUT2D eigenvalue weighted by Gasteiger charge is 2.44. The summed E-state index contributed by atoms with van der Waals surface area (Å²) in [5, 5.41) is 3.17. The maximum Gasteiger partial charge on any atom is 0.333 e. The standard InChI is InChI=1S/C32H40N4O3/c1-39-32(38)29(22-12-6-5-7-13-22)34-30-31(37)36(28-17-11-10-16-27(28)33-30)26-20-24-18-19-25(21-26)35(24)23-14-8-3-2-4-9-15-23/h5-7,10-13,16-17,23-26,29H,2-4,8-9,14-15,18-21H2,1H3,(H,33,34)/t24-,25+,26+,29?. The molecule has 6 rings (SSSR count). The van der Waals surface area contributed by atoms with Gasteiger partial charge >= 0.3 is 5.97 Å². The van der Waals surface area contributed by atoms with Crippen LogP contribution in [-0.4, -0.2) is 45.7 Å². The van der Waals surface area contributed by atoms with E-state index in [1.165, 1.54) is 64.9 Å². The van der Waals surface area contributed by atoms with Gasteiger partial charge in [0.1, 0.15) is 0 Å². The van der Waals surface area contributed by atoms with Crippen molar-refractivity contribution in [2.45, 2.75) is 101 Å². The Morgan fingerprint density at radius 2 is 1.49 bits per heavy atom. The van der Waals surface area contributed by atoms with Crippen LogP contribution in [0, 0.1) is 0 Å². The number of nitrogens with one attached hydrogen (secondary N) is 1. The van der Waals surface area contributed by atoms with Gasteiger partial charge in [-0.3, -0.25) is 9.69 Å². The van der Waals surface area contributed by atoms with Gasteiger partial charge in [-0.1, -0.05) is 74.6 Å². The van der Waals surface area contributed by atoms with E-state index in [0.717, 1.165) is 29.4 Å². The van der Waals surface area contributed by atoms with Crippen LogP contribution >= 0.6 is 0 Å². The third-order valence-corrected chi connectivity index (χ3v) is 9.27. The molecule has 3 aliphatic rings. The molecule has 3 fully saturated rings. The Kier molecular flexibility index (Phi) is 7.69. The Morgan fingerprint density at radius 1 is 0.846 bits per heavy atom. The molecule has 2 bridgehead atoms. The summed E-state index contributed by atoms with van der Waals surface area (Å²) in [7, 11) is 1.37. The Balaban J connectivity index is 1.33. The number of aromatic nitrogens is 2. The maximum atomic E-state index is 14.1. The zero-order valence-corrected chi connectivity index (χ0v) is 22.9. The van der Waals surface area contributed by atoms with Gasteiger partial charge in [-0.05, 0) is 56.2 Å². The van der Waals surface area contributed by atoms with Gasteiger partial charge in [-0.2, -0.15) is 0 Å². The van der Waals surface area contributed by atoms with Gasteiger partial charge in [0.25, 0.3) is 5.56 Å². The fraction of sp³-hybridized carbons (Fsp3) is 0.531. The predicted molar refractivity (Wildman–Crippen MR) is 154 cm³/mol. The van der Waals surface area contributed by atoms with E-state index >= 15 is 0 Å². The van der Waals surface area contributed by atoms with Gasteiger partial charge in [0, 0.05) is 24.2 Å². The fourth-order valence-corrected chi connectivity index (χ4v) is 7.51. The summed E-state index contributed by atoms with van der Waals surface area (Å²) in [6, 6.07) is 18.3. The highest BCUT2D eigenvalue weighted by atomic mass is 16.5. The van der Waals surface area contributed by atoms with Crippen molar-refractivity contribution in [2.75, 3.05) is 12.4 Å². The number of para-hydroxylation sites is 2. The zero-order valence-electron chi connectivity index (χ0n) is 22.9. The molecule has 3 aromatic rings. The van der Waals surface area contributed by atoms with Crippen LogP contribution in [-0.2, 0) is 9.53 Å². The van der Waals surface area contributed by atoms with Crippen LogP contribution in [0.25, 0.3) is 11.0 Å². The minimum Gasteiger partial charge on any atom is -0.467 e. The normalized spacial score (nSPS) is 25.1. The minimum atomic E-state index is -0.816. The molecule has 39 heavy (non-hydrogen) atoms. The average molecular weight is 529 g/mol. The third-order valence-electron chi connectivity index (χ3n) is 9.27. The van der Waals surface area contributed by atoms with Gasteiger partial charge in [0.15, 0.2) is 11.9 Å². The smallest absolute Gasteiger partial charge is 0.333 e. The lowest BCUT2D eigenvalue weighted by Crippen LogP contribution is -2.50. The first-order valence-electron chi connectivity index (χ1n) is 14.8. The topological polar surface area (TPSA) is 76.5 Å². The summed E-state index contributed by atoms with van der Waals surface area (Å²) < 4.78 is 7.07. The van der Waals surface area contributed by atoms with Crippen molar-refractivity contribution < 1.29 is 9.53 Å². The van der Waals surface area contributed by atoms with Crippen molar-refractivity contribution in [3.05, 3.63) is 70.5 Å². The summed E-state index contributed by atoms with van der Waals surface area (Å²) >= 11 is 0. The number of hydrogen-bond acceptors (Lipinski definition) is 6. The van der Waals surface area contributed by atoms with E-state index in [2.05, 4.69) is 10.2 Å². The van der Waals surface area contributed by atoms with Crippen LogP contribution in [0.15, 0.2) is 59.4 Å². The summed E-state index contributed by atoms with van der Waals surface area (Å²) in [5.74, 6) is -0.254. The molecule has 0 spiro atoms. The number of carbonyl (C=O) groups is 1. The van der Waals surface area contributed by atoms with Crippen molar-refractivity contribution in [1.82, 2.24) is 14.5 Å². The first-order chi connectivity index (χ1) is 19.1. The zero-order chi connectivity index (χ0) is 26.8. The van der Waals surface area contributed by atoms with Crippen molar-refractivity contribution in [3.8, 4) is 0 Å². The van der Waals surface area contributed by atoms with Gasteiger partial charge in [-0.25, -0.2) is 9.78 Å². The third kappa shape index (κ3) is 5.21. The number of esters is 1. The van der Waals surface area contributed by atoms with E-state index in [1.807, 2.05) is 59.2 Å². The summed E-state index contributed by atoms with van der Waals surface area (Å²) in [4.78, 5) is 34.5. The number of benzene rings is 2. The second kappa shape index (κ2) is 11.5. The van der Waals surface area contributed by atoms with Crippen LogP contribution < -0.4 is 10.9 Å². The second-order valence-electron chi connectivity index (χ2n) is 11.6. The Morgan fingerprint density at radius 3 is 2.18 bits per heavy atom. The molecule has 7 heteroatoms. The first kappa shape index (κ1) is 26.1. The van der Waals surface area contributed by atoms with E-state index in [-0.39, 0.29) is 17.4 Å². The van der Waals surface area contributed by atoms with E-state index in [9.17, 15) is 9.59 Å². The Bertz CT molecular complexity index is 1330. The van der Waals surface area contributed by atoms with E-state index in [0.29, 0.717) is 18.1 Å². The number of nitrogens with zero attached hydrogens (tertiary/aromatic N) is 3. The lowest BCUT2D eigenvalue weighted by molar-refractivity contribution is -0.141. The molecule has 1 saturated carbocycles. The molecular formula is C32H40N4O3. The van der Waals surface area contributed by atoms with Crippen LogP contribution in [0.2, 0.25) is 0 Å². The number of fused-ring (bicyclic) bond motifs is 3. The number of rotatable bonds is 6. The first-order valence-corrected chi connectivity index (χ1v) is 14.8. The average Bonchev–Trinajstić information content (AvgIpc) is 3.20. The number of carbonyl (C=O) groups excluding carboxylic acids is 1. The SMILES string of the molecule is COC(=O)C(Nc1nc2ccccc2n([C@H]2C[C@H]3CC[C@@H](C2)N3C2CCCCCCC2)c1=O)c1ccccc1. The molecule has 1 unspecified atom stereocenters. The Labute approximate surface area is 230 Å². The summed E-state index contributed by atoms with van der Waals surface area (Å²) in [5.41, 5.74) is 2.19. The molecule has 0 amide bonds. The van der Waals surface area contributed by atoms with E-state index in [4.69, 9.17) is 9.72 Å². The molecule has 1 N–H and O–H groups in total. The van der Waals surface area contributed by atoms with E-state index in [1.54, 1.807) is 0 Å². The molecule has 1 aromatic heterocycles. The van der Waals surface area contributed by atoms with E-state index < -0.39 is 12.0 Å². The molecule has 2 aliphatic heterocycles. The second-order valence-corrected chi connectivity index (χ2v) is 11.6. The number of anilines is 1. The molecule has 3 heterocycles. The van der Waals surface area contributed by atoms with Crippen molar-refractivity contribution >= 4 is 22.8 Å². The largest absolute Gasteiger partial charge is 0.467 e. The molecule has 2 saturated heterocycles. The van der Waals surface area contributed by atoms with Crippen molar-refractivity contribution in [3.63, 3.8) is 0 Å². The number of piperidine rings is 1. The van der Waals surface area contributed by atoms with Gasteiger partial charge < -0.3 is 14.6 Å². The highest BCUT2D eigenvalue weighted by molar-refractivity contribution is 5.82. The molecule has 7 nitrogen and oxygen atoms in total. The molecule has 2 aromatic carbocycles. The molecule has 4 atom stereocenters. The lowest BCUT2D eigenvalue weighted by atomic mass is 9.89. The van der Waals surface area contributed by atoms with Gasteiger partial charge in [0.2, 0.25) is 0 Å². The van der Waals surface area contributed by atoms with Crippen LogP contribution in [0.5, 0.6) is 0 Å². The highest BCUT2D eigenvalue weighted by Crippen LogP contribution is 2.44. The van der Waals surface area contributed by atoms with Crippen molar-refractivity contribution in [1.29, 1.82) is 0 Å². The minimum absolute atomic E-state index is 0.113.